The zero-order valence-corrected chi connectivity index (χ0v) is 30.4. The van der Waals surface area contributed by atoms with E-state index in [1.54, 1.807) is 12.1 Å². The van der Waals surface area contributed by atoms with Gasteiger partial charge in [0.2, 0.25) is 0 Å². The molecule has 0 saturated heterocycles. The van der Waals surface area contributed by atoms with Crippen molar-refractivity contribution in [3.63, 3.8) is 0 Å². The third-order valence-corrected chi connectivity index (χ3v) is 8.32. The van der Waals surface area contributed by atoms with E-state index in [1.807, 2.05) is 0 Å². The molecule has 0 radical (unpaired) electrons. The highest BCUT2D eigenvalue weighted by Crippen LogP contribution is 2.28. The van der Waals surface area contributed by atoms with Crippen LogP contribution in [0.4, 0.5) is 28.9 Å². The zero-order chi connectivity index (χ0) is 40.6. The maximum atomic E-state index is 14.7. The Morgan fingerprint density at radius 3 is 1.50 bits per heavy atom. The number of Topliss-reactive ketones (excluding diaryl/α,β-unsaturated/α-hetero) is 2. The Labute approximate surface area is 312 Å². The highest BCUT2D eigenvalue weighted by Gasteiger charge is 2.34. The van der Waals surface area contributed by atoms with Gasteiger partial charge in [0.1, 0.15) is 35.2 Å². The largest absolute Gasteiger partial charge is 0.460 e. The molecule has 0 unspecified atom stereocenters. The van der Waals surface area contributed by atoms with E-state index in [0.717, 1.165) is 33.4 Å². The van der Waals surface area contributed by atoms with Crippen molar-refractivity contribution < 1.29 is 55.8 Å². The minimum absolute atomic E-state index is 0.0490. The van der Waals surface area contributed by atoms with Crippen LogP contribution < -0.4 is 10.6 Å². The van der Waals surface area contributed by atoms with Gasteiger partial charge in [0, 0.05) is 31.2 Å². The Balaban J connectivity index is 0.000000290. The summed E-state index contributed by atoms with van der Waals surface area (Å²) < 4.78 is 67.3. The highest BCUT2D eigenvalue weighted by molar-refractivity contribution is 9.10. The monoisotopic (exact) mass is 814 g/mol. The number of halogens is 5. The van der Waals surface area contributed by atoms with E-state index < -0.39 is 81.1 Å². The van der Waals surface area contributed by atoms with E-state index in [4.69, 9.17) is 10.5 Å². The van der Waals surface area contributed by atoms with Gasteiger partial charge in [-0.3, -0.25) is 19.2 Å². The van der Waals surface area contributed by atoms with Crippen LogP contribution in [0.15, 0.2) is 41.0 Å². The lowest BCUT2D eigenvalue weighted by Crippen LogP contribution is -2.19. The second-order valence-electron chi connectivity index (χ2n) is 10.7. The van der Waals surface area contributed by atoms with Crippen LogP contribution in [0, 0.1) is 52.9 Å². The number of hydrogen-bond donors (Lipinski definition) is 2. The Kier molecular flexibility index (Phi) is 13.7. The van der Waals surface area contributed by atoms with Crippen molar-refractivity contribution in [1.29, 1.82) is 10.5 Å². The fourth-order valence-corrected chi connectivity index (χ4v) is 5.23. The number of aromatic nitrogens is 2. The molecule has 2 aromatic heterocycles. The smallest absolute Gasteiger partial charge is 0.379 e. The topological polar surface area (TPSA) is 202 Å². The fraction of sp³-hybridized carbons (Fsp3) is 0.200. The first-order valence-corrected chi connectivity index (χ1v) is 16.1. The molecule has 280 valence electrons. The molecule has 2 heterocycles. The molecule has 19 heteroatoms. The molecule has 2 aromatic carbocycles. The predicted octanol–water partition coefficient (Wildman–Crippen LogP) is 5.42. The van der Waals surface area contributed by atoms with Gasteiger partial charge in [-0.05, 0) is 73.1 Å². The number of carbonyl (C=O) groups is 6. The van der Waals surface area contributed by atoms with Crippen LogP contribution in [0.3, 0.4) is 0 Å². The van der Waals surface area contributed by atoms with E-state index in [1.165, 1.54) is 47.0 Å². The van der Waals surface area contributed by atoms with Crippen molar-refractivity contribution in [3.8, 4) is 12.1 Å². The number of nitrogens with one attached hydrogen (secondary N) is 2. The van der Waals surface area contributed by atoms with Gasteiger partial charge in [0.25, 0.3) is 23.4 Å². The molecular formula is C35H27BrF4N6O8. The Hall–Kier alpha value is -6.60. The van der Waals surface area contributed by atoms with Gasteiger partial charge < -0.3 is 29.2 Å². The number of benzene rings is 2. The SMILES string of the molecule is CCOC(=O)C(=O)c1c(F)c(C(=O)Nc2ccc(F)c(C#N)c2)n(C)c1Br.CCOC(=O)C(=O)c1c(F)c(C(=O)Nc2ccc(F)c(C#N)c2)n(C)c1C. The molecule has 14 nitrogen and oxygen atoms in total. The van der Waals surface area contributed by atoms with Gasteiger partial charge >= 0.3 is 11.9 Å². The van der Waals surface area contributed by atoms with Crippen molar-refractivity contribution in [2.75, 3.05) is 23.8 Å². The van der Waals surface area contributed by atoms with E-state index in [-0.39, 0.29) is 46.0 Å². The number of esters is 2. The van der Waals surface area contributed by atoms with Gasteiger partial charge in [-0.2, -0.15) is 10.5 Å². The van der Waals surface area contributed by atoms with E-state index >= 15 is 0 Å². The maximum absolute atomic E-state index is 14.7. The van der Waals surface area contributed by atoms with Crippen molar-refractivity contribution in [1.82, 2.24) is 9.13 Å². The molecule has 0 fully saturated rings. The number of amides is 2. The molecule has 4 rings (SSSR count). The van der Waals surface area contributed by atoms with Crippen LogP contribution in [-0.2, 0) is 33.2 Å². The van der Waals surface area contributed by atoms with Gasteiger partial charge in [-0.1, -0.05) is 0 Å². The predicted molar refractivity (Wildman–Crippen MR) is 183 cm³/mol. The fourth-order valence-electron chi connectivity index (χ4n) is 4.70. The number of ether oxygens (including phenoxy) is 2. The zero-order valence-electron chi connectivity index (χ0n) is 28.8. The molecule has 0 spiro atoms. The van der Waals surface area contributed by atoms with E-state index in [2.05, 4.69) is 36.0 Å². The summed E-state index contributed by atoms with van der Waals surface area (Å²) in [5.74, 6) is -10.8. The quantitative estimate of drug-likeness (QED) is 0.0901. The second kappa shape index (κ2) is 17.8. The van der Waals surface area contributed by atoms with Gasteiger partial charge in [0.15, 0.2) is 11.6 Å². The lowest BCUT2D eigenvalue weighted by atomic mass is 10.1. The molecule has 2 N–H and O–H groups in total. The van der Waals surface area contributed by atoms with Crippen LogP contribution in [0.1, 0.15) is 72.4 Å². The normalized spacial score (nSPS) is 10.2. The average Bonchev–Trinajstić information content (AvgIpc) is 3.50. The van der Waals surface area contributed by atoms with Crippen molar-refractivity contribution in [3.05, 3.63) is 104 Å². The van der Waals surface area contributed by atoms with Crippen molar-refractivity contribution >= 4 is 62.6 Å². The lowest BCUT2D eigenvalue weighted by molar-refractivity contribution is -0.138. The molecule has 4 aromatic rings. The first kappa shape index (κ1) is 41.8. The van der Waals surface area contributed by atoms with E-state index in [9.17, 15) is 46.3 Å². The van der Waals surface area contributed by atoms with Crippen molar-refractivity contribution in [2.24, 2.45) is 14.1 Å². The lowest BCUT2D eigenvalue weighted by Gasteiger charge is -2.07. The molecule has 54 heavy (non-hydrogen) atoms. The molecular weight excluding hydrogens is 788 g/mol. The molecule has 2 amide bonds. The summed E-state index contributed by atoms with van der Waals surface area (Å²) in [4.78, 5) is 72.3. The minimum Gasteiger partial charge on any atom is -0.460 e. The van der Waals surface area contributed by atoms with Crippen LogP contribution in [0.25, 0.3) is 0 Å². The standard InChI is InChI=1S/C18H15F2N3O4.C17H12BrF2N3O4/c1-4-27-18(26)16(24)13-9(2)23(3)15(14(13)20)17(25)22-11-5-6-12(19)10(7-11)8-21;1-3-27-17(26)14(24)11-12(20)13(23(2)15(11)18)16(25)22-9-4-5-10(19)8(6-9)7-21/h5-7H,4H2,1-3H3,(H,22,25);4-6H,3H2,1-2H3,(H,22,25). The third-order valence-electron chi connectivity index (χ3n) is 7.39. The number of carbonyl (C=O) groups excluding carboxylic acids is 6. The summed E-state index contributed by atoms with van der Waals surface area (Å²) in [6.45, 7) is 4.22. The Morgan fingerprint density at radius 1 is 0.704 bits per heavy atom. The Bertz CT molecular complexity index is 2150. The molecule has 0 atom stereocenters. The van der Waals surface area contributed by atoms with Gasteiger partial charge in [-0.25, -0.2) is 27.2 Å². The maximum Gasteiger partial charge on any atom is 0.379 e. The van der Waals surface area contributed by atoms with Gasteiger partial charge in [-0.15, -0.1) is 0 Å². The van der Waals surface area contributed by atoms with Crippen LogP contribution >= 0.6 is 15.9 Å². The highest BCUT2D eigenvalue weighted by atomic mass is 79.9. The number of nitrogens with zero attached hydrogens (tertiary/aromatic N) is 4. The number of anilines is 2. The molecule has 0 aliphatic rings. The van der Waals surface area contributed by atoms with Crippen LogP contribution in [0.2, 0.25) is 0 Å². The second-order valence-corrected chi connectivity index (χ2v) is 11.4. The van der Waals surface area contributed by atoms with Crippen molar-refractivity contribution in [2.45, 2.75) is 20.8 Å². The number of nitriles is 2. The summed E-state index contributed by atoms with van der Waals surface area (Å²) in [7, 11) is 2.65. The number of hydrogen-bond acceptors (Lipinski definition) is 10. The molecule has 0 saturated carbocycles. The third kappa shape index (κ3) is 8.70. The summed E-state index contributed by atoms with van der Waals surface area (Å²) in [5, 5.41) is 22.3. The molecule has 0 aliphatic heterocycles. The van der Waals surface area contributed by atoms with E-state index in [0.29, 0.717) is 0 Å². The summed E-state index contributed by atoms with van der Waals surface area (Å²) in [6, 6.07) is 9.75. The molecule has 0 aliphatic carbocycles. The average molecular weight is 816 g/mol. The summed E-state index contributed by atoms with van der Waals surface area (Å²) in [5.41, 5.74) is -2.67. The summed E-state index contributed by atoms with van der Waals surface area (Å²) in [6.07, 6.45) is 0. The summed E-state index contributed by atoms with van der Waals surface area (Å²) >= 11 is 2.98. The first-order valence-electron chi connectivity index (χ1n) is 15.3. The number of ketones is 2. The van der Waals surface area contributed by atoms with Gasteiger partial charge in [0.05, 0.1) is 40.1 Å². The minimum atomic E-state index is -1.26. The Morgan fingerprint density at radius 2 is 1.09 bits per heavy atom. The first-order chi connectivity index (χ1) is 25.4. The number of rotatable bonds is 10. The van der Waals surface area contributed by atoms with Crippen LogP contribution in [0.5, 0.6) is 0 Å². The molecule has 0 bridgehead atoms. The van der Waals surface area contributed by atoms with Crippen LogP contribution in [-0.4, -0.2) is 57.7 Å².